The molecule has 1 saturated heterocycles. The van der Waals surface area contributed by atoms with Gasteiger partial charge in [-0.25, -0.2) is 0 Å². The molecule has 5 heteroatoms. The molecule has 2 heterocycles. The molecule has 180 valence electrons. The number of aromatic nitrogens is 1. The number of ether oxygens (including phenoxy) is 1. The van der Waals surface area contributed by atoms with Gasteiger partial charge in [-0.1, -0.05) is 42.5 Å². The van der Waals surface area contributed by atoms with Gasteiger partial charge < -0.3 is 19.9 Å². The average Bonchev–Trinajstić information content (AvgIpc) is 3.31. The Hall–Kier alpha value is -3.57. The van der Waals surface area contributed by atoms with Crippen molar-refractivity contribution in [3.05, 3.63) is 89.6 Å². The molecule has 0 bridgehead atoms. The van der Waals surface area contributed by atoms with Crippen LogP contribution in [0.15, 0.2) is 72.9 Å². The Bertz CT molecular complexity index is 1350. The van der Waals surface area contributed by atoms with E-state index in [0.29, 0.717) is 11.6 Å². The summed E-state index contributed by atoms with van der Waals surface area (Å²) in [6.45, 7) is 5.27. The van der Waals surface area contributed by atoms with Crippen molar-refractivity contribution in [3.63, 3.8) is 0 Å². The van der Waals surface area contributed by atoms with Gasteiger partial charge in [-0.2, -0.15) is 0 Å². The Morgan fingerprint density at radius 1 is 1.00 bits per heavy atom. The van der Waals surface area contributed by atoms with E-state index in [4.69, 9.17) is 10.5 Å². The highest BCUT2D eigenvalue weighted by atomic mass is 16.5. The molecule has 35 heavy (non-hydrogen) atoms. The van der Waals surface area contributed by atoms with E-state index in [9.17, 15) is 4.79 Å². The zero-order valence-electron chi connectivity index (χ0n) is 20.5. The predicted molar refractivity (Wildman–Crippen MR) is 142 cm³/mol. The maximum absolute atomic E-state index is 11.7. The van der Waals surface area contributed by atoms with Crippen molar-refractivity contribution in [1.82, 2.24) is 9.47 Å². The van der Waals surface area contributed by atoms with E-state index >= 15 is 0 Å². The van der Waals surface area contributed by atoms with Crippen molar-refractivity contribution < 1.29 is 9.53 Å². The third-order valence-corrected chi connectivity index (χ3v) is 7.42. The fourth-order valence-electron chi connectivity index (χ4n) is 5.45. The van der Waals surface area contributed by atoms with Crippen LogP contribution in [0.1, 0.15) is 40.4 Å². The number of piperidine rings is 1. The summed E-state index contributed by atoms with van der Waals surface area (Å²) in [7, 11) is 1.76. The van der Waals surface area contributed by atoms with E-state index in [1.54, 1.807) is 13.2 Å². The highest BCUT2D eigenvalue weighted by molar-refractivity contribution is 5.97. The lowest BCUT2D eigenvalue weighted by molar-refractivity contribution is 0.100. The first-order chi connectivity index (χ1) is 17.0. The number of rotatable bonds is 7. The van der Waals surface area contributed by atoms with Crippen molar-refractivity contribution in [1.29, 1.82) is 0 Å². The molecule has 1 aromatic heterocycles. The number of carbonyl (C=O) groups excluding carboxylic acids is 1. The fourth-order valence-corrected chi connectivity index (χ4v) is 5.45. The Labute approximate surface area is 207 Å². The van der Waals surface area contributed by atoms with Crippen LogP contribution in [0.4, 0.5) is 0 Å². The molecule has 2 N–H and O–H groups in total. The van der Waals surface area contributed by atoms with Crippen LogP contribution in [0.3, 0.4) is 0 Å². The zero-order valence-corrected chi connectivity index (χ0v) is 20.5. The molecule has 0 radical (unpaired) electrons. The molecule has 0 saturated carbocycles. The first kappa shape index (κ1) is 23.2. The second-order valence-corrected chi connectivity index (χ2v) is 9.48. The van der Waals surface area contributed by atoms with Crippen LogP contribution in [0.5, 0.6) is 5.75 Å². The maximum atomic E-state index is 11.7. The van der Waals surface area contributed by atoms with E-state index < -0.39 is 0 Å². The van der Waals surface area contributed by atoms with Gasteiger partial charge in [-0.15, -0.1) is 0 Å². The van der Waals surface area contributed by atoms with Crippen molar-refractivity contribution in [3.8, 4) is 16.9 Å². The highest BCUT2D eigenvalue weighted by Gasteiger charge is 2.22. The fraction of sp³-hybridized carbons (Fsp3) is 0.300. The van der Waals surface area contributed by atoms with Gasteiger partial charge in [0.2, 0.25) is 5.91 Å². The molecule has 1 amide bonds. The van der Waals surface area contributed by atoms with Crippen LogP contribution in [0, 0.1) is 6.92 Å². The minimum Gasteiger partial charge on any atom is -0.496 e. The number of fused-ring (bicyclic) bond motifs is 1. The highest BCUT2D eigenvalue weighted by Crippen LogP contribution is 2.34. The standard InChI is InChI=1S/C30H33N3O2/c1-21-6-3-4-7-25(21)26-8-5-9-29(35-2)27(26)15-18-32-16-13-24(14-17-32)33-19-12-22-10-11-23(30(31)34)20-28(22)33/h3-12,19-20,24H,13-18H2,1-2H3,(H2,31,34). The number of methoxy groups -OCH3 is 1. The van der Waals surface area contributed by atoms with Gasteiger partial charge in [0.05, 0.1) is 7.11 Å². The molecular formula is C30H33N3O2. The van der Waals surface area contributed by atoms with E-state index in [2.05, 4.69) is 71.1 Å². The summed E-state index contributed by atoms with van der Waals surface area (Å²) in [6, 6.07) is 23.2. The third-order valence-electron chi connectivity index (χ3n) is 7.42. The topological polar surface area (TPSA) is 60.5 Å². The van der Waals surface area contributed by atoms with Gasteiger partial charge in [-0.3, -0.25) is 4.79 Å². The number of hydrogen-bond donors (Lipinski definition) is 1. The molecule has 0 spiro atoms. The van der Waals surface area contributed by atoms with E-state index in [1.165, 1.54) is 22.3 Å². The molecule has 1 fully saturated rings. The van der Waals surface area contributed by atoms with Gasteiger partial charge >= 0.3 is 0 Å². The van der Waals surface area contributed by atoms with Crippen LogP contribution in [0.2, 0.25) is 0 Å². The van der Waals surface area contributed by atoms with E-state index in [1.807, 2.05) is 12.1 Å². The first-order valence-electron chi connectivity index (χ1n) is 12.4. The number of benzene rings is 3. The van der Waals surface area contributed by atoms with Gasteiger partial charge in [-0.05, 0) is 72.5 Å². The van der Waals surface area contributed by atoms with Gasteiger partial charge in [0.25, 0.3) is 0 Å². The quantitative estimate of drug-likeness (QED) is 0.385. The minimum atomic E-state index is -0.379. The summed E-state index contributed by atoms with van der Waals surface area (Å²) in [5.41, 5.74) is 12.3. The summed E-state index contributed by atoms with van der Waals surface area (Å²) in [6.07, 6.45) is 5.27. The van der Waals surface area contributed by atoms with Gasteiger partial charge in [0.1, 0.15) is 5.75 Å². The molecule has 5 rings (SSSR count). The molecule has 1 aliphatic rings. The Balaban J connectivity index is 1.29. The lowest BCUT2D eigenvalue weighted by Crippen LogP contribution is -2.36. The molecule has 1 aliphatic heterocycles. The monoisotopic (exact) mass is 467 g/mol. The number of nitrogens with zero attached hydrogens (tertiary/aromatic N) is 2. The second kappa shape index (κ2) is 9.96. The molecule has 0 unspecified atom stereocenters. The molecule has 0 atom stereocenters. The summed E-state index contributed by atoms with van der Waals surface area (Å²) >= 11 is 0. The number of likely N-dealkylation sites (tertiary alicyclic amines) is 1. The Kier molecular flexibility index (Phi) is 6.60. The number of carbonyl (C=O) groups is 1. The average molecular weight is 468 g/mol. The smallest absolute Gasteiger partial charge is 0.248 e. The molecular weight excluding hydrogens is 434 g/mol. The maximum Gasteiger partial charge on any atom is 0.248 e. The number of hydrogen-bond acceptors (Lipinski definition) is 3. The Morgan fingerprint density at radius 3 is 2.51 bits per heavy atom. The number of aryl methyl sites for hydroxylation is 1. The van der Waals surface area contributed by atoms with Crippen molar-refractivity contribution in [2.24, 2.45) is 5.73 Å². The second-order valence-electron chi connectivity index (χ2n) is 9.48. The summed E-state index contributed by atoms with van der Waals surface area (Å²) in [4.78, 5) is 14.2. The van der Waals surface area contributed by atoms with Crippen molar-refractivity contribution in [2.45, 2.75) is 32.2 Å². The summed E-state index contributed by atoms with van der Waals surface area (Å²) in [5.74, 6) is 0.584. The molecule has 5 nitrogen and oxygen atoms in total. The van der Waals surface area contributed by atoms with Gasteiger partial charge in [0.15, 0.2) is 0 Å². The largest absolute Gasteiger partial charge is 0.496 e. The van der Waals surface area contributed by atoms with Crippen LogP contribution in [-0.2, 0) is 6.42 Å². The predicted octanol–water partition coefficient (Wildman–Crippen LogP) is 5.60. The minimum absolute atomic E-state index is 0.379. The Morgan fingerprint density at radius 2 is 1.77 bits per heavy atom. The normalized spacial score (nSPS) is 14.9. The third kappa shape index (κ3) is 4.69. The van der Waals surface area contributed by atoms with E-state index in [0.717, 1.165) is 55.5 Å². The van der Waals surface area contributed by atoms with Gasteiger partial charge in [0, 0.05) is 48.5 Å². The van der Waals surface area contributed by atoms with Crippen LogP contribution < -0.4 is 10.5 Å². The summed E-state index contributed by atoms with van der Waals surface area (Å²) in [5, 5.41) is 1.15. The van der Waals surface area contributed by atoms with Crippen molar-refractivity contribution in [2.75, 3.05) is 26.7 Å². The van der Waals surface area contributed by atoms with E-state index in [-0.39, 0.29) is 5.91 Å². The zero-order chi connectivity index (χ0) is 24.4. The van der Waals surface area contributed by atoms with Crippen molar-refractivity contribution >= 4 is 16.8 Å². The lowest BCUT2D eigenvalue weighted by atomic mass is 9.93. The molecule has 0 aliphatic carbocycles. The summed E-state index contributed by atoms with van der Waals surface area (Å²) < 4.78 is 8.09. The van der Waals surface area contributed by atoms with Crippen LogP contribution in [0.25, 0.3) is 22.0 Å². The lowest BCUT2D eigenvalue weighted by Gasteiger charge is -2.33. The number of primary amides is 1. The number of nitrogens with two attached hydrogens (primary N) is 1. The first-order valence-corrected chi connectivity index (χ1v) is 12.4. The molecule has 4 aromatic rings. The van der Waals surface area contributed by atoms with Crippen LogP contribution in [-0.4, -0.2) is 42.1 Å². The van der Waals surface area contributed by atoms with Crippen LogP contribution >= 0.6 is 0 Å². The molecule has 3 aromatic carbocycles. The number of amides is 1. The SMILES string of the molecule is COc1cccc(-c2ccccc2C)c1CCN1CCC(n2ccc3ccc(C(N)=O)cc32)CC1.